The Kier molecular flexibility index (Phi) is 9.77. The predicted molar refractivity (Wildman–Crippen MR) is 173 cm³/mol. The molecule has 1 heterocycles. The van der Waals surface area contributed by atoms with E-state index in [1.54, 1.807) is 49.5 Å². The average Bonchev–Trinajstić information content (AvgIpc) is 3.85. The Morgan fingerprint density at radius 3 is 2.33 bits per heavy atom. The molecule has 11 heteroatoms. The Bertz CT molecular complexity index is 1640. The Morgan fingerprint density at radius 2 is 1.71 bits per heavy atom. The summed E-state index contributed by atoms with van der Waals surface area (Å²) < 4.78 is 41.2. The van der Waals surface area contributed by atoms with Crippen LogP contribution in [0.4, 0.5) is 0 Å². The summed E-state index contributed by atoms with van der Waals surface area (Å²) in [6, 6.07) is 17.5. The highest BCUT2D eigenvalue weighted by atomic mass is 35.5. The van der Waals surface area contributed by atoms with Gasteiger partial charge in [-0.2, -0.15) is 4.31 Å². The number of ether oxygens (including phenoxy) is 2. The van der Waals surface area contributed by atoms with E-state index in [9.17, 15) is 18.0 Å². The summed E-state index contributed by atoms with van der Waals surface area (Å²) in [6.07, 6.45) is 3.30. The number of hydrogen-bond acceptors (Lipinski definition) is 6. The first-order chi connectivity index (χ1) is 21.4. The lowest BCUT2D eigenvalue weighted by atomic mass is 9.80. The molecule has 45 heavy (non-hydrogen) atoms. The van der Waals surface area contributed by atoms with Crippen LogP contribution in [0.5, 0.6) is 11.5 Å². The number of likely N-dealkylation sites (tertiary alicyclic amines) is 1. The molecule has 1 unspecified atom stereocenters. The number of carbonyl (C=O) groups excluding carboxylic acids is 2. The first kappa shape index (κ1) is 32.8. The van der Waals surface area contributed by atoms with Crippen molar-refractivity contribution in [2.45, 2.75) is 69.6 Å². The van der Waals surface area contributed by atoms with Crippen LogP contribution in [0.2, 0.25) is 5.02 Å². The van der Waals surface area contributed by atoms with Gasteiger partial charge >= 0.3 is 0 Å². The summed E-state index contributed by atoms with van der Waals surface area (Å²) in [5.74, 6) is 0.777. The molecule has 9 nitrogen and oxygen atoms in total. The van der Waals surface area contributed by atoms with E-state index in [1.807, 2.05) is 26.0 Å². The Labute approximate surface area is 270 Å². The van der Waals surface area contributed by atoms with Gasteiger partial charge in [-0.25, -0.2) is 8.42 Å². The van der Waals surface area contributed by atoms with Crippen LogP contribution in [-0.2, 0) is 27.9 Å². The van der Waals surface area contributed by atoms with Crippen LogP contribution in [0, 0.1) is 5.41 Å². The summed E-state index contributed by atoms with van der Waals surface area (Å²) in [5.41, 5.74) is 1.26. The van der Waals surface area contributed by atoms with Crippen molar-refractivity contribution in [3.8, 4) is 11.5 Å². The number of amides is 2. The van der Waals surface area contributed by atoms with Crippen molar-refractivity contribution in [2.75, 3.05) is 20.8 Å². The number of methoxy groups -OCH3 is 2. The van der Waals surface area contributed by atoms with Gasteiger partial charge < -0.3 is 19.7 Å². The zero-order valence-electron chi connectivity index (χ0n) is 26.1. The Morgan fingerprint density at radius 1 is 1.02 bits per heavy atom. The van der Waals surface area contributed by atoms with Crippen molar-refractivity contribution in [1.29, 1.82) is 0 Å². The molecular weight excluding hydrogens is 614 g/mol. The Hall–Kier alpha value is -3.60. The third kappa shape index (κ3) is 7.45. The second kappa shape index (κ2) is 13.4. The molecule has 3 aromatic carbocycles. The molecule has 0 spiro atoms. The lowest BCUT2D eigenvalue weighted by molar-refractivity contribution is -0.138. The van der Waals surface area contributed by atoms with Gasteiger partial charge in [0.2, 0.25) is 15.9 Å². The molecule has 1 saturated carbocycles. The van der Waals surface area contributed by atoms with Gasteiger partial charge in [0.15, 0.2) is 0 Å². The topological polar surface area (TPSA) is 105 Å². The first-order valence-electron chi connectivity index (χ1n) is 15.1. The number of nitrogens with one attached hydrogen (secondary N) is 1. The minimum atomic E-state index is -4.18. The highest BCUT2D eigenvalue weighted by molar-refractivity contribution is 7.89. The van der Waals surface area contributed by atoms with Crippen LogP contribution in [0.15, 0.2) is 71.6 Å². The molecule has 2 amide bonds. The van der Waals surface area contributed by atoms with Gasteiger partial charge in [-0.1, -0.05) is 37.6 Å². The quantitative estimate of drug-likeness (QED) is 0.287. The molecule has 2 aliphatic rings. The lowest BCUT2D eigenvalue weighted by Crippen LogP contribution is -2.55. The highest BCUT2D eigenvalue weighted by Crippen LogP contribution is 2.39. The molecule has 0 aromatic heterocycles. The zero-order valence-corrected chi connectivity index (χ0v) is 27.7. The van der Waals surface area contributed by atoms with Crippen LogP contribution < -0.4 is 14.8 Å². The summed E-state index contributed by atoms with van der Waals surface area (Å²) in [5, 5.41) is 3.38. The van der Waals surface area contributed by atoms with Crippen LogP contribution in [0.1, 0.15) is 61.0 Å². The van der Waals surface area contributed by atoms with Crippen molar-refractivity contribution in [2.24, 2.45) is 5.41 Å². The van der Waals surface area contributed by atoms with Gasteiger partial charge in [0, 0.05) is 47.9 Å². The summed E-state index contributed by atoms with van der Waals surface area (Å²) in [4.78, 5) is 28.9. The van der Waals surface area contributed by atoms with Crippen molar-refractivity contribution < 1.29 is 27.5 Å². The second-order valence-electron chi connectivity index (χ2n) is 12.4. The van der Waals surface area contributed by atoms with Crippen molar-refractivity contribution >= 4 is 33.4 Å². The molecule has 1 aliphatic heterocycles. The Balaban J connectivity index is 1.52. The van der Waals surface area contributed by atoms with E-state index in [4.69, 9.17) is 21.1 Å². The maximum atomic E-state index is 14.6. The fourth-order valence-electron chi connectivity index (χ4n) is 5.83. The van der Waals surface area contributed by atoms with Crippen LogP contribution in [0.25, 0.3) is 0 Å². The van der Waals surface area contributed by atoms with E-state index >= 15 is 0 Å². The van der Waals surface area contributed by atoms with Crippen molar-refractivity contribution in [3.05, 3.63) is 88.4 Å². The second-order valence-corrected chi connectivity index (χ2v) is 14.7. The number of rotatable bonds is 11. The van der Waals surface area contributed by atoms with Gasteiger partial charge in [-0.3, -0.25) is 9.59 Å². The molecule has 240 valence electrons. The maximum Gasteiger partial charge on any atom is 0.251 e. The predicted octanol–water partition coefficient (Wildman–Crippen LogP) is 5.66. The number of carbonyl (C=O) groups is 2. The first-order valence-corrected chi connectivity index (χ1v) is 16.9. The SMILES string of the molecule is COc1ccc(CN2CCCC(C)(C)C(N(Cc3ccc(C(=O)NC4CC4)cc3)S(=O)(=O)c3ccc(Cl)cc3)C2=O)c(OC)c1. The van der Waals surface area contributed by atoms with Gasteiger partial charge in [0.25, 0.3) is 5.91 Å². The number of hydrogen-bond donors (Lipinski definition) is 1. The third-order valence-electron chi connectivity index (χ3n) is 8.57. The fourth-order valence-corrected chi connectivity index (χ4v) is 7.68. The minimum Gasteiger partial charge on any atom is -0.497 e. The van der Waals surface area contributed by atoms with Crippen molar-refractivity contribution in [1.82, 2.24) is 14.5 Å². The molecule has 3 aromatic rings. The van der Waals surface area contributed by atoms with Crippen molar-refractivity contribution in [3.63, 3.8) is 0 Å². The van der Waals surface area contributed by atoms with Crippen LogP contribution in [0.3, 0.4) is 0 Å². The van der Waals surface area contributed by atoms with Gasteiger partial charge in [0.05, 0.1) is 19.1 Å². The van der Waals surface area contributed by atoms with E-state index in [1.165, 1.54) is 28.6 Å². The normalized spacial score (nSPS) is 18.4. The van der Waals surface area contributed by atoms with E-state index in [0.717, 1.165) is 18.4 Å². The molecule has 0 radical (unpaired) electrons. The molecule has 1 N–H and O–H groups in total. The standard InChI is InChI=1S/C34H40ClN3O6S/c1-34(2)18-5-19-37(22-25-10-15-28(43-3)20-30(25)44-4)33(40)31(34)38(45(41,42)29-16-11-26(35)12-17-29)21-23-6-8-24(9-7-23)32(39)36-27-13-14-27/h6-12,15-17,20,27,31H,5,13-14,18-19,21-22H2,1-4H3,(H,36,39). The van der Waals surface area contributed by atoms with Gasteiger partial charge in [0.1, 0.15) is 17.5 Å². The number of sulfonamides is 1. The summed E-state index contributed by atoms with van der Waals surface area (Å²) in [7, 11) is -1.04. The molecule has 1 atom stereocenters. The molecule has 1 saturated heterocycles. The van der Waals surface area contributed by atoms with E-state index in [2.05, 4.69) is 5.32 Å². The van der Waals surface area contributed by atoms with E-state index in [0.29, 0.717) is 47.0 Å². The summed E-state index contributed by atoms with van der Waals surface area (Å²) in [6.45, 7) is 4.55. The maximum absolute atomic E-state index is 14.6. The molecular formula is C34H40ClN3O6S. The number of halogens is 1. The smallest absolute Gasteiger partial charge is 0.251 e. The molecule has 0 bridgehead atoms. The monoisotopic (exact) mass is 653 g/mol. The summed E-state index contributed by atoms with van der Waals surface area (Å²) >= 11 is 6.11. The number of nitrogens with zero attached hydrogens (tertiary/aromatic N) is 2. The van der Waals surface area contributed by atoms with Crippen LogP contribution >= 0.6 is 11.6 Å². The van der Waals surface area contributed by atoms with E-state index in [-0.39, 0.29) is 35.8 Å². The largest absolute Gasteiger partial charge is 0.497 e. The lowest BCUT2D eigenvalue weighted by Gasteiger charge is -2.40. The molecule has 5 rings (SSSR count). The van der Waals surface area contributed by atoms with E-state index < -0.39 is 21.5 Å². The van der Waals surface area contributed by atoms with Crippen LogP contribution in [-0.4, -0.2) is 62.3 Å². The average molecular weight is 654 g/mol. The fraction of sp³-hybridized carbons (Fsp3) is 0.412. The highest BCUT2D eigenvalue weighted by Gasteiger charge is 2.48. The third-order valence-corrected chi connectivity index (χ3v) is 10.6. The minimum absolute atomic E-state index is 0.0450. The zero-order chi connectivity index (χ0) is 32.4. The van der Waals surface area contributed by atoms with Gasteiger partial charge in [-0.05, 0) is 85.2 Å². The van der Waals surface area contributed by atoms with Gasteiger partial charge in [-0.15, -0.1) is 0 Å². The number of benzene rings is 3. The molecule has 1 aliphatic carbocycles. The molecule has 2 fully saturated rings.